The van der Waals surface area contributed by atoms with Crippen LogP contribution in [-0.2, 0) is 0 Å². The molecule has 0 saturated heterocycles. The maximum absolute atomic E-state index is 10.8. The van der Waals surface area contributed by atoms with Crippen molar-refractivity contribution >= 4 is 22.1 Å². The Morgan fingerprint density at radius 2 is 1.12 bits per heavy atom. The highest BCUT2D eigenvalue weighted by Gasteiger charge is 2.32. The van der Waals surface area contributed by atoms with E-state index in [0.717, 1.165) is 61.0 Å². The summed E-state index contributed by atoms with van der Waals surface area (Å²) in [6.45, 7) is 0. The Bertz CT molecular complexity index is 1970. The van der Waals surface area contributed by atoms with Crippen molar-refractivity contribution in [1.29, 1.82) is 5.26 Å². The molecule has 0 atom stereocenters. The van der Waals surface area contributed by atoms with Crippen LogP contribution >= 0.6 is 0 Å². The predicted octanol–water partition coefficient (Wildman–Crippen LogP) is 9.36. The van der Waals surface area contributed by atoms with Crippen LogP contribution in [0, 0.1) is 11.3 Å². The molecule has 0 spiro atoms. The molecule has 3 nitrogen and oxygen atoms in total. The average molecular weight is 528 g/mol. The molecule has 1 aliphatic heterocycles. The van der Waals surface area contributed by atoms with Crippen molar-refractivity contribution in [3.05, 3.63) is 156 Å². The minimum absolute atomic E-state index is 0.509. The lowest BCUT2D eigenvalue weighted by atomic mass is 9.81. The van der Waals surface area contributed by atoms with E-state index in [-0.39, 0.29) is 0 Å². The largest absolute Gasteiger partial charge is 0.497 e. The van der Waals surface area contributed by atoms with Gasteiger partial charge in [-0.25, -0.2) is 0 Å². The summed E-state index contributed by atoms with van der Waals surface area (Å²) in [6.07, 6.45) is 0. The van der Waals surface area contributed by atoms with Gasteiger partial charge in [0.15, 0.2) is 5.75 Å². The molecule has 0 fully saturated rings. The van der Waals surface area contributed by atoms with Crippen LogP contribution in [0.1, 0.15) is 22.3 Å². The number of methoxy groups -OCH3 is 1. The maximum atomic E-state index is 10.8. The number of ether oxygens (including phenoxy) is 2. The molecule has 6 aromatic rings. The molecule has 0 N–H and O–H groups in total. The highest BCUT2D eigenvalue weighted by molar-refractivity contribution is 6.18. The summed E-state index contributed by atoms with van der Waals surface area (Å²) < 4.78 is 12.8. The Balaban J connectivity index is 1.71. The molecular weight excluding hydrogens is 502 g/mol. The normalized spacial score (nSPS) is 12.1. The molecule has 0 aliphatic carbocycles. The second-order valence-corrected chi connectivity index (χ2v) is 9.93. The third-order valence-corrected chi connectivity index (χ3v) is 7.61. The topological polar surface area (TPSA) is 42.2 Å². The molecule has 41 heavy (non-hydrogen) atoms. The van der Waals surface area contributed by atoms with Gasteiger partial charge in [0, 0.05) is 27.6 Å². The summed E-state index contributed by atoms with van der Waals surface area (Å²) in [7, 11) is 1.70. The molecule has 3 heteroatoms. The highest BCUT2D eigenvalue weighted by atomic mass is 16.5. The van der Waals surface area contributed by atoms with Gasteiger partial charge in [0.1, 0.15) is 23.1 Å². The van der Waals surface area contributed by atoms with Crippen LogP contribution < -0.4 is 9.47 Å². The van der Waals surface area contributed by atoms with Gasteiger partial charge in [-0.3, -0.25) is 0 Å². The first-order valence-electron chi connectivity index (χ1n) is 13.5. The molecule has 1 heterocycles. The van der Waals surface area contributed by atoms with Gasteiger partial charge in [0.05, 0.1) is 7.11 Å². The van der Waals surface area contributed by atoms with Gasteiger partial charge in [-0.15, -0.1) is 0 Å². The van der Waals surface area contributed by atoms with E-state index in [4.69, 9.17) is 9.47 Å². The second kappa shape index (κ2) is 10.2. The summed E-state index contributed by atoms with van der Waals surface area (Å²) in [5.41, 5.74) is 8.20. The summed E-state index contributed by atoms with van der Waals surface area (Å²) in [5.74, 6) is 2.01. The fourth-order valence-electron chi connectivity index (χ4n) is 5.84. The number of hydrogen-bond acceptors (Lipinski definition) is 3. The first-order chi connectivity index (χ1) is 20.3. The second-order valence-electron chi connectivity index (χ2n) is 9.93. The van der Waals surface area contributed by atoms with E-state index < -0.39 is 0 Å². The van der Waals surface area contributed by atoms with E-state index in [9.17, 15) is 5.26 Å². The Labute approximate surface area is 239 Å². The molecule has 194 valence electrons. The van der Waals surface area contributed by atoms with Crippen LogP contribution in [0.25, 0.3) is 44.4 Å². The van der Waals surface area contributed by atoms with Crippen molar-refractivity contribution in [3.8, 4) is 39.8 Å². The van der Waals surface area contributed by atoms with E-state index >= 15 is 0 Å². The molecule has 0 aromatic heterocycles. The first-order valence-corrected chi connectivity index (χ1v) is 13.5. The van der Waals surface area contributed by atoms with E-state index in [1.54, 1.807) is 7.11 Å². The van der Waals surface area contributed by atoms with Crippen LogP contribution in [0.15, 0.2) is 133 Å². The maximum Gasteiger partial charge on any atom is 0.154 e. The van der Waals surface area contributed by atoms with Gasteiger partial charge < -0.3 is 9.47 Å². The average Bonchev–Trinajstić information content (AvgIpc) is 3.05. The lowest BCUT2D eigenvalue weighted by Gasteiger charge is -2.29. The number of hydrogen-bond donors (Lipinski definition) is 0. The van der Waals surface area contributed by atoms with Crippen molar-refractivity contribution in [1.82, 2.24) is 0 Å². The van der Waals surface area contributed by atoms with Crippen molar-refractivity contribution in [3.63, 3.8) is 0 Å². The molecule has 0 saturated carbocycles. The highest BCUT2D eigenvalue weighted by Crippen LogP contribution is 2.54. The van der Waals surface area contributed by atoms with Crippen LogP contribution in [0.3, 0.4) is 0 Å². The Morgan fingerprint density at radius 1 is 0.610 bits per heavy atom. The minimum Gasteiger partial charge on any atom is -0.497 e. The third-order valence-electron chi connectivity index (χ3n) is 7.61. The van der Waals surface area contributed by atoms with Gasteiger partial charge in [-0.2, -0.15) is 5.26 Å². The molecule has 0 bridgehead atoms. The quantitative estimate of drug-likeness (QED) is 0.224. The fourth-order valence-corrected chi connectivity index (χ4v) is 5.84. The van der Waals surface area contributed by atoms with Crippen LogP contribution in [0.4, 0.5) is 0 Å². The van der Waals surface area contributed by atoms with Gasteiger partial charge >= 0.3 is 0 Å². The van der Waals surface area contributed by atoms with Crippen LogP contribution in [0.5, 0.6) is 11.5 Å². The zero-order valence-corrected chi connectivity index (χ0v) is 22.5. The lowest BCUT2D eigenvalue weighted by molar-refractivity contribution is 0.415. The first kappa shape index (κ1) is 24.5. The molecule has 0 unspecified atom stereocenters. The smallest absolute Gasteiger partial charge is 0.154 e. The van der Waals surface area contributed by atoms with E-state index in [2.05, 4.69) is 54.6 Å². The standard InChI is InChI=1S/C38H25NO2/c1-40-29-22-30-33(25-14-6-2-7-15-25)34(26-16-8-3-9-17-26)32(24-39)38-36(30)31(23-29)35(27-18-10-4-11-19-27)37(41-38)28-20-12-5-13-21-28/h2-23H,1H3. The summed E-state index contributed by atoms with van der Waals surface area (Å²) in [4.78, 5) is 0. The van der Waals surface area contributed by atoms with E-state index in [1.165, 1.54) is 0 Å². The molecule has 7 rings (SSSR count). The monoisotopic (exact) mass is 527 g/mol. The van der Waals surface area contributed by atoms with Gasteiger partial charge in [-0.05, 0) is 39.8 Å². The Morgan fingerprint density at radius 3 is 1.66 bits per heavy atom. The number of nitrogens with zero attached hydrogens (tertiary/aromatic N) is 1. The number of rotatable bonds is 5. The number of benzene rings is 6. The minimum atomic E-state index is 0.509. The summed E-state index contributed by atoms with van der Waals surface area (Å²) in [5, 5.41) is 12.7. The van der Waals surface area contributed by atoms with Gasteiger partial charge in [0.2, 0.25) is 0 Å². The zero-order valence-electron chi connectivity index (χ0n) is 22.5. The molecule has 0 radical (unpaired) electrons. The Hall–Kier alpha value is -5.59. The summed E-state index contributed by atoms with van der Waals surface area (Å²) >= 11 is 0. The van der Waals surface area contributed by atoms with Crippen molar-refractivity contribution in [2.45, 2.75) is 0 Å². The molecule has 6 aromatic carbocycles. The zero-order chi connectivity index (χ0) is 27.8. The predicted molar refractivity (Wildman–Crippen MR) is 166 cm³/mol. The van der Waals surface area contributed by atoms with E-state index in [1.807, 2.05) is 84.9 Å². The summed E-state index contributed by atoms with van der Waals surface area (Å²) in [6, 6.07) is 47.4. The van der Waals surface area contributed by atoms with Crippen molar-refractivity contribution in [2.24, 2.45) is 0 Å². The third kappa shape index (κ3) is 4.06. The van der Waals surface area contributed by atoms with Crippen molar-refractivity contribution in [2.75, 3.05) is 7.11 Å². The molecular formula is C38H25NO2. The SMILES string of the molecule is COc1cc2c3c(c(C#N)c(-c4ccccc4)c(-c4ccccc4)c3c1)OC(c1ccccc1)=C2c1ccccc1. The number of nitriles is 1. The van der Waals surface area contributed by atoms with Crippen molar-refractivity contribution < 1.29 is 9.47 Å². The molecule has 0 amide bonds. The Kier molecular flexibility index (Phi) is 6.07. The van der Waals surface area contributed by atoms with E-state index in [0.29, 0.717) is 17.1 Å². The van der Waals surface area contributed by atoms with Gasteiger partial charge in [0.25, 0.3) is 0 Å². The van der Waals surface area contributed by atoms with Crippen LogP contribution in [-0.4, -0.2) is 7.11 Å². The lowest BCUT2D eigenvalue weighted by Crippen LogP contribution is -2.10. The fraction of sp³-hybridized carbons (Fsp3) is 0.0263. The molecule has 1 aliphatic rings. The van der Waals surface area contributed by atoms with Crippen LogP contribution in [0.2, 0.25) is 0 Å². The van der Waals surface area contributed by atoms with Gasteiger partial charge in [-0.1, -0.05) is 121 Å².